The first-order chi connectivity index (χ1) is 8.16. The Bertz CT molecular complexity index is 434. The zero-order valence-electron chi connectivity index (χ0n) is 9.71. The molecule has 0 radical (unpaired) electrons. The van der Waals surface area contributed by atoms with Crippen molar-refractivity contribution in [2.24, 2.45) is 4.99 Å². The van der Waals surface area contributed by atoms with Gasteiger partial charge >= 0.3 is 0 Å². The second-order valence-electron chi connectivity index (χ2n) is 4.04. The SMILES string of the molecule is CN1CCN=C1NCCc1cc(Cl)ccc1Br. The molecule has 0 amide bonds. The van der Waals surface area contributed by atoms with E-state index in [1.807, 2.05) is 25.2 Å². The fraction of sp³-hybridized carbons (Fsp3) is 0.417. The average Bonchev–Trinajstić information content (AvgIpc) is 2.70. The number of hydrogen-bond donors (Lipinski definition) is 1. The number of nitrogens with zero attached hydrogens (tertiary/aromatic N) is 2. The Morgan fingerprint density at radius 1 is 1.53 bits per heavy atom. The van der Waals surface area contributed by atoms with Crippen molar-refractivity contribution in [2.75, 3.05) is 26.7 Å². The molecule has 1 heterocycles. The molecule has 1 aromatic carbocycles. The number of nitrogens with one attached hydrogen (secondary N) is 1. The third-order valence-corrected chi connectivity index (χ3v) is 3.75. The van der Waals surface area contributed by atoms with Crippen LogP contribution in [0, 0.1) is 0 Å². The van der Waals surface area contributed by atoms with Crippen LogP contribution in [0.5, 0.6) is 0 Å². The zero-order valence-corrected chi connectivity index (χ0v) is 12.1. The average molecular weight is 317 g/mol. The summed E-state index contributed by atoms with van der Waals surface area (Å²) in [6.45, 7) is 2.75. The third-order valence-electron chi connectivity index (χ3n) is 2.74. The van der Waals surface area contributed by atoms with E-state index in [-0.39, 0.29) is 0 Å². The normalized spacial score (nSPS) is 15.0. The molecule has 0 fully saturated rings. The van der Waals surface area contributed by atoms with E-state index in [1.54, 1.807) is 0 Å². The number of likely N-dealkylation sites (N-methyl/N-ethyl adjacent to an activating group) is 1. The van der Waals surface area contributed by atoms with Gasteiger partial charge in [-0.05, 0) is 30.2 Å². The second-order valence-corrected chi connectivity index (χ2v) is 5.33. The molecule has 1 aliphatic rings. The highest BCUT2D eigenvalue weighted by Gasteiger charge is 2.11. The Kier molecular flexibility index (Phi) is 4.29. The van der Waals surface area contributed by atoms with Gasteiger partial charge in [0.2, 0.25) is 0 Å². The predicted octanol–water partition coefficient (Wildman–Crippen LogP) is 2.54. The molecule has 2 rings (SSSR count). The first-order valence-corrected chi connectivity index (χ1v) is 6.77. The minimum atomic E-state index is 0.776. The molecule has 1 aliphatic heterocycles. The molecule has 0 atom stereocenters. The van der Waals surface area contributed by atoms with Gasteiger partial charge in [-0.1, -0.05) is 27.5 Å². The van der Waals surface area contributed by atoms with Crippen molar-refractivity contribution in [1.82, 2.24) is 10.2 Å². The van der Waals surface area contributed by atoms with Crippen molar-refractivity contribution < 1.29 is 0 Å². The molecule has 0 saturated heterocycles. The first-order valence-electron chi connectivity index (χ1n) is 5.60. The predicted molar refractivity (Wildman–Crippen MR) is 75.8 cm³/mol. The molecular weight excluding hydrogens is 302 g/mol. The van der Waals surface area contributed by atoms with Crippen LogP contribution in [-0.2, 0) is 6.42 Å². The molecule has 0 unspecified atom stereocenters. The highest BCUT2D eigenvalue weighted by molar-refractivity contribution is 9.10. The largest absolute Gasteiger partial charge is 0.356 e. The quantitative estimate of drug-likeness (QED) is 0.928. The number of halogens is 2. The Morgan fingerprint density at radius 3 is 3.06 bits per heavy atom. The van der Waals surface area contributed by atoms with Crippen molar-refractivity contribution in [3.8, 4) is 0 Å². The molecule has 1 aromatic rings. The Hall–Kier alpha value is -0.740. The molecule has 1 N–H and O–H groups in total. The van der Waals surface area contributed by atoms with Crippen molar-refractivity contribution in [3.05, 3.63) is 33.3 Å². The van der Waals surface area contributed by atoms with Gasteiger partial charge in [0.25, 0.3) is 0 Å². The summed E-state index contributed by atoms with van der Waals surface area (Å²) in [5, 5.41) is 4.11. The monoisotopic (exact) mass is 315 g/mol. The standard InChI is InChI=1S/C12H15BrClN3/c1-17-7-6-16-12(17)15-5-4-9-8-10(14)2-3-11(9)13/h2-3,8H,4-7H2,1H3,(H,15,16). The lowest BCUT2D eigenvalue weighted by atomic mass is 10.1. The summed E-state index contributed by atoms with van der Waals surface area (Å²) >= 11 is 9.50. The molecule has 5 heteroatoms. The van der Waals surface area contributed by atoms with Gasteiger partial charge in [0.05, 0.1) is 6.54 Å². The molecule has 0 spiro atoms. The van der Waals surface area contributed by atoms with Gasteiger partial charge in [-0.25, -0.2) is 0 Å². The first kappa shape index (κ1) is 12.7. The number of aliphatic imine (C=N–C) groups is 1. The van der Waals surface area contributed by atoms with Gasteiger partial charge in [0.1, 0.15) is 0 Å². The van der Waals surface area contributed by atoms with Crippen LogP contribution in [-0.4, -0.2) is 37.5 Å². The van der Waals surface area contributed by atoms with Gasteiger partial charge in [0, 0.05) is 29.6 Å². The lowest BCUT2D eigenvalue weighted by Gasteiger charge is -2.15. The van der Waals surface area contributed by atoms with E-state index in [0.29, 0.717) is 0 Å². The van der Waals surface area contributed by atoms with E-state index in [2.05, 4.69) is 31.1 Å². The summed E-state index contributed by atoms with van der Waals surface area (Å²) in [7, 11) is 2.05. The fourth-order valence-electron chi connectivity index (χ4n) is 1.77. The Morgan fingerprint density at radius 2 is 2.35 bits per heavy atom. The van der Waals surface area contributed by atoms with Crippen LogP contribution in [0.2, 0.25) is 5.02 Å². The minimum absolute atomic E-state index is 0.776. The van der Waals surface area contributed by atoms with E-state index in [0.717, 1.165) is 41.5 Å². The zero-order chi connectivity index (χ0) is 12.3. The highest BCUT2D eigenvalue weighted by Crippen LogP contribution is 2.21. The maximum absolute atomic E-state index is 5.97. The van der Waals surface area contributed by atoms with Gasteiger partial charge in [-0.15, -0.1) is 0 Å². The third kappa shape index (κ3) is 3.36. The number of rotatable bonds is 3. The number of guanidine groups is 1. The molecule has 0 aromatic heterocycles. The summed E-state index contributed by atoms with van der Waals surface area (Å²) in [6, 6.07) is 5.86. The van der Waals surface area contributed by atoms with Gasteiger partial charge in [-0.3, -0.25) is 4.99 Å². The molecule has 0 aliphatic carbocycles. The topological polar surface area (TPSA) is 27.6 Å². The lowest BCUT2D eigenvalue weighted by molar-refractivity contribution is 0.534. The van der Waals surface area contributed by atoms with Gasteiger partial charge in [0.15, 0.2) is 5.96 Å². The van der Waals surface area contributed by atoms with E-state index in [1.165, 1.54) is 5.56 Å². The van der Waals surface area contributed by atoms with E-state index < -0.39 is 0 Å². The molecule has 17 heavy (non-hydrogen) atoms. The maximum Gasteiger partial charge on any atom is 0.193 e. The van der Waals surface area contributed by atoms with Crippen LogP contribution in [0.3, 0.4) is 0 Å². The summed E-state index contributed by atoms with van der Waals surface area (Å²) in [5.74, 6) is 0.989. The Balaban J connectivity index is 1.88. The number of benzene rings is 1. The van der Waals surface area contributed by atoms with Crippen molar-refractivity contribution in [1.29, 1.82) is 0 Å². The summed E-state index contributed by atoms with van der Waals surface area (Å²) in [6.07, 6.45) is 0.925. The molecule has 0 bridgehead atoms. The molecule has 0 saturated carbocycles. The Labute approximate surface area is 115 Å². The van der Waals surface area contributed by atoms with Crippen molar-refractivity contribution in [3.63, 3.8) is 0 Å². The molecule has 92 valence electrons. The van der Waals surface area contributed by atoms with Crippen LogP contribution in [0.4, 0.5) is 0 Å². The fourth-order valence-corrected chi connectivity index (χ4v) is 2.41. The van der Waals surface area contributed by atoms with Crippen LogP contribution in [0.1, 0.15) is 5.56 Å². The lowest BCUT2D eigenvalue weighted by Crippen LogP contribution is -2.36. The number of hydrogen-bond acceptors (Lipinski definition) is 3. The summed E-state index contributed by atoms with van der Waals surface area (Å²) in [4.78, 5) is 6.51. The second kappa shape index (κ2) is 5.74. The smallest absolute Gasteiger partial charge is 0.193 e. The van der Waals surface area contributed by atoms with Gasteiger partial charge < -0.3 is 10.2 Å². The summed E-state index contributed by atoms with van der Waals surface area (Å²) in [5.41, 5.74) is 1.21. The van der Waals surface area contributed by atoms with Crippen LogP contribution in [0.15, 0.2) is 27.7 Å². The maximum atomic E-state index is 5.97. The van der Waals surface area contributed by atoms with Crippen LogP contribution in [0.25, 0.3) is 0 Å². The van der Waals surface area contributed by atoms with Crippen LogP contribution >= 0.6 is 27.5 Å². The van der Waals surface area contributed by atoms with E-state index >= 15 is 0 Å². The molecule has 3 nitrogen and oxygen atoms in total. The molecular formula is C12H15BrClN3. The van der Waals surface area contributed by atoms with Gasteiger partial charge in [-0.2, -0.15) is 0 Å². The highest BCUT2D eigenvalue weighted by atomic mass is 79.9. The van der Waals surface area contributed by atoms with Crippen molar-refractivity contribution >= 4 is 33.5 Å². The van der Waals surface area contributed by atoms with Crippen LogP contribution < -0.4 is 5.32 Å². The van der Waals surface area contributed by atoms with Crippen molar-refractivity contribution in [2.45, 2.75) is 6.42 Å². The van der Waals surface area contributed by atoms with E-state index in [4.69, 9.17) is 11.6 Å². The van der Waals surface area contributed by atoms with E-state index in [9.17, 15) is 0 Å². The minimum Gasteiger partial charge on any atom is -0.356 e. The summed E-state index contributed by atoms with van der Waals surface area (Å²) < 4.78 is 1.10.